The van der Waals surface area contributed by atoms with E-state index in [2.05, 4.69) is 22.4 Å². The maximum Gasteiger partial charge on any atom is 0.0390 e. The van der Waals surface area contributed by atoms with Gasteiger partial charge in [0.2, 0.25) is 0 Å². The Balaban J connectivity index is 1.87. The van der Waals surface area contributed by atoms with Gasteiger partial charge in [-0.25, -0.2) is 0 Å². The fourth-order valence-electron chi connectivity index (χ4n) is 2.62. The van der Waals surface area contributed by atoms with Gasteiger partial charge in [0.1, 0.15) is 0 Å². The SMILES string of the molecule is c1cc(C2NCC23CCC3)ccn1. The van der Waals surface area contributed by atoms with E-state index in [1.165, 1.54) is 31.4 Å². The van der Waals surface area contributed by atoms with Gasteiger partial charge in [0, 0.05) is 30.4 Å². The average Bonchev–Trinajstić information content (AvgIpc) is 2.01. The maximum absolute atomic E-state index is 4.05. The summed E-state index contributed by atoms with van der Waals surface area (Å²) < 4.78 is 0. The molecule has 68 valence electrons. The van der Waals surface area contributed by atoms with Gasteiger partial charge in [-0.15, -0.1) is 0 Å². The zero-order chi connectivity index (χ0) is 8.73. The maximum atomic E-state index is 4.05. The topological polar surface area (TPSA) is 24.9 Å². The van der Waals surface area contributed by atoms with Gasteiger partial charge in [-0.3, -0.25) is 4.98 Å². The molecule has 1 N–H and O–H groups in total. The highest BCUT2D eigenvalue weighted by molar-refractivity contribution is 5.24. The van der Waals surface area contributed by atoms with E-state index >= 15 is 0 Å². The number of hydrogen-bond donors (Lipinski definition) is 1. The van der Waals surface area contributed by atoms with E-state index in [0.29, 0.717) is 11.5 Å². The predicted octanol–water partition coefficient (Wildman–Crippen LogP) is 1.90. The Bertz CT molecular complexity index is 298. The second-order valence-corrected chi connectivity index (χ2v) is 4.31. The molecule has 2 heterocycles. The Hall–Kier alpha value is -0.890. The molecule has 1 aliphatic carbocycles. The van der Waals surface area contributed by atoms with E-state index in [4.69, 9.17) is 0 Å². The highest BCUT2D eigenvalue weighted by atomic mass is 15.1. The van der Waals surface area contributed by atoms with E-state index in [9.17, 15) is 0 Å². The summed E-state index contributed by atoms with van der Waals surface area (Å²) in [5, 5.41) is 3.53. The molecule has 2 aliphatic rings. The smallest absolute Gasteiger partial charge is 0.0390 e. The number of nitrogens with zero attached hydrogens (tertiary/aromatic N) is 1. The minimum atomic E-state index is 0.615. The molecule has 1 saturated heterocycles. The van der Waals surface area contributed by atoms with Crippen molar-refractivity contribution in [1.82, 2.24) is 10.3 Å². The normalized spacial score (nSPS) is 29.4. The van der Waals surface area contributed by atoms with Crippen LogP contribution >= 0.6 is 0 Å². The molecule has 2 fully saturated rings. The summed E-state index contributed by atoms with van der Waals surface area (Å²) in [7, 11) is 0. The third-order valence-corrected chi connectivity index (χ3v) is 3.66. The van der Waals surface area contributed by atoms with Crippen molar-refractivity contribution in [2.75, 3.05) is 6.54 Å². The lowest BCUT2D eigenvalue weighted by Gasteiger charge is -2.56. The first-order chi connectivity index (χ1) is 6.41. The lowest BCUT2D eigenvalue weighted by Crippen LogP contribution is -2.59. The second kappa shape index (κ2) is 2.55. The zero-order valence-corrected chi connectivity index (χ0v) is 7.66. The van der Waals surface area contributed by atoms with Crippen molar-refractivity contribution in [3.8, 4) is 0 Å². The molecule has 1 aromatic rings. The van der Waals surface area contributed by atoms with Crippen LogP contribution < -0.4 is 5.32 Å². The monoisotopic (exact) mass is 174 g/mol. The molecule has 0 amide bonds. The van der Waals surface area contributed by atoms with Gasteiger partial charge in [-0.2, -0.15) is 0 Å². The quantitative estimate of drug-likeness (QED) is 0.703. The Kier molecular flexibility index (Phi) is 1.47. The van der Waals surface area contributed by atoms with Gasteiger partial charge in [0.15, 0.2) is 0 Å². The van der Waals surface area contributed by atoms with E-state index in [1.807, 2.05) is 12.4 Å². The Morgan fingerprint density at radius 2 is 2.08 bits per heavy atom. The van der Waals surface area contributed by atoms with Crippen LogP contribution in [0.4, 0.5) is 0 Å². The Labute approximate surface area is 78.4 Å². The summed E-state index contributed by atoms with van der Waals surface area (Å²) in [5.41, 5.74) is 2.04. The van der Waals surface area contributed by atoms with E-state index in [-0.39, 0.29) is 0 Å². The van der Waals surface area contributed by atoms with Gasteiger partial charge >= 0.3 is 0 Å². The first-order valence-electron chi connectivity index (χ1n) is 5.04. The molecule has 1 unspecified atom stereocenters. The van der Waals surface area contributed by atoms with Crippen LogP contribution in [-0.4, -0.2) is 11.5 Å². The molecule has 1 spiro atoms. The van der Waals surface area contributed by atoms with Crippen LogP contribution in [0.3, 0.4) is 0 Å². The number of rotatable bonds is 1. The average molecular weight is 174 g/mol. The van der Waals surface area contributed by atoms with Crippen molar-refractivity contribution in [3.05, 3.63) is 30.1 Å². The molecule has 1 aromatic heterocycles. The molecule has 2 nitrogen and oxygen atoms in total. The minimum absolute atomic E-state index is 0.615. The standard InChI is InChI=1S/C11H14N2/c1-4-11(5-1)8-13-10(11)9-2-6-12-7-3-9/h2-3,6-7,10,13H,1,4-5,8H2. The molecule has 1 aliphatic heterocycles. The van der Waals surface area contributed by atoms with Crippen molar-refractivity contribution < 1.29 is 0 Å². The van der Waals surface area contributed by atoms with E-state index in [1.54, 1.807) is 0 Å². The van der Waals surface area contributed by atoms with Crippen LogP contribution in [0.15, 0.2) is 24.5 Å². The summed E-state index contributed by atoms with van der Waals surface area (Å²) in [4.78, 5) is 4.05. The fourth-order valence-corrected chi connectivity index (χ4v) is 2.62. The van der Waals surface area contributed by atoms with Crippen molar-refractivity contribution in [2.24, 2.45) is 5.41 Å². The molecule has 1 saturated carbocycles. The fraction of sp³-hybridized carbons (Fsp3) is 0.545. The number of hydrogen-bond acceptors (Lipinski definition) is 2. The van der Waals surface area contributed by atoms with Gasteiger partial charge < -0.3 is 5.32 Å². The minimum Gasteiger partial charge on any atom is -0.309 e. The number of pyridine rings is 1. The van der Waals surface area contributed by atoms with Crippen LogP contribution in [0, 0.1) is 5.41 Å². The summed E-state index contributed by atoms with van der Waals surface area (Å²) >= 11 is 0. The largest absolute Gasteiger partial charge is 0.309 e. The number of nitrogens with one attached hydrogen (secondary N) is 1. The zero-order valence-electron chi connectivity index (χ0n) is 7.66. The molecule has 0 bridgehead atoms. The summed E-state index contributed by atoms with van der Waals surface area (Å²) in [6.45, 7) is 1.22. The molecule has 3 rings (SSSR count). The van der Waals surface area contributed by atoms with Crippen LogP contribution in [0.2, 0.25) is 0 Å². The van der Waals surface area contributed by atoms with Gasteiger partial charge in [0.25, 0.3) is 0 Å². The third-order valence-electron chi connectivity index (χ3n) is 3.66. The molecule has 1 atom stereocenters. The lowest BCUT2D eigenvalue weighted by molar-refractivity contribution is -0.00568. The van der Waals surface area contributed by atoms with Gasteiger partial charge in [-0.05, 0) is 30.5 Å². The molecular formula is C11H14N2. The Morgan fingerprint density at radius 1 is 1.31 bits per heavy atom. The van der Waals surface area contributed by atoms with Crippen molar-refractivity contribution >= 4 is 0 Å². The Morgan fingerprint density at radius 3 is 2.54 bits per heavy atom. The second-order valence-electron chi connectivity index (χ2n) is 4.31. The van der Waals surface area contributed by atoms with E-state index < -0.39 is 0 Å². The first kappa shape index (κ1) is 7.51. The van der Waals surface area contributed by atoms with Crippen molar-refractivity contribution in [3.63, 3.8) is 0 Å². The van der Waals surface area contributed by atoms with Crippen molar-refractivity contribution in [1.29, 1.82) is 0 Å². The van der Waals surface area contributed by atoms with Crippen LogP contribution in [0.5, 0.6) is 0 Å². The molecule has 0 aromatic carbocycles. The summed E-state index contributed by atoms with van der Waals surface area (Å²) in [6, 6.07) is 4.89. The highest BCUT2D eigenvalue weighted by Crippen LogP contribution is 2.54. The van der Waals surface area contributed by atoms with Crippen molar-refractivity contribution in [2.45, 2.75) is 25.3 Å². The lowest BCUT2D eigenvalue weighted by atomic mass is 9.58. The van der Waals surface area contributed by atoms with Crippen LogP contribution in [0.25, 0.3) is 0 Å². The summed E-state index contributed by atoms with van der Waals surface area (Å²) in [6.07, 6.45) is 8.02. The molecule has 0 radical (unpaired) electrons. The van der Waals surface area contributed by atoms with E-state index in [0.717, 1.165) is 0 Å². The molecular weight excluding hydrogens is 160 g/mol. The number of aromatic nitrogens is 1. The van der Waals surface area contributed by atoms with Crippen LogP contribution in [-0.2, 0) is 0 Å². The van der Waals surface area contributed by atoms with Crippen LogP contribution in [0.1, 0.15) is 30.9 Å². The molecule has 2 heteroatoms. The third kappa shape index (κ3) is 0.953. The van der Waals surface area contributed by atoms with Gasteiger partial charge in [0.05, 0.1) is 0 Å². The summed E-state index contributed by atoms with van der Waals surface area (Å²) in [5.74, 6) is 0. The van der Waals surface area contributed by atoms with Gasteiger partial charge in [-0.1, -0.05) is 6.42 Å². The first-order valence-corrected chi connectivity index (χ1v) is 5.04. The molecule has 13 heavy (non-hydrogen) atoms. The highest BCUT2D eigenvalue weighted by Gasteiger charge is 2.50. The predicted molar refractivity (Wildman–Crippen MR) is 51.3 cm³/mol.